The van der Waals surface area contributed by atoms with Crippen molar-refractivity contribution in [3.05, 3.63) is 52.0 Å². The van der Waals surface area contributed by atoms with E-state index in [-0.39, 0.29) is 18.8 Å². The van der Waals surface area contributed by atoms with Crippen LogP contribution in [0.4, 0.5) is 18.9 Å². The van der Waals surface area contributed by atoms with Gasteiger partial charge in [-0.3, -0.25) is 0 Å². The Labute approximate surface area is 124 Å². The van der Waals surface area contributed by atoms with E-state index in [1.165, 1.54) is 0 Å². The smallest absolute Gasteiger partial charge is 0.194 e. The summed E-state index contributed by atoms with van der Waals surface area (Å²) >= 11 is 1.55. The molecule has 2 rings (SSSR count). The van der Waals surface area contributed by atoms with E-state index in [0.717, 1.165) is 17.0 Å². The highest BCUT2D eigenvalue weighted by atomic mass is 32.1. The molecule has 0 aliphatic heterocycles. The van der Waals surface area contributed by atoms with Crippen molar-refractivity contribution in [2.75, 3.05) is 18.5 Å². The number of halogens is 3. The largest absolute Gasteiger partial charge is 0.389 e. The molecule has 1 heterocycles. The van der Waals surface area contributed by atoms with Gasteiger partial charge in [-0.05, 0) is 11.4 Å². The zero-order valence-electron chi connectivity index (χ0n) is 11.0. The number of nitrogens with one attached hydrogen (secondary N) is 1. The first-order valence-electron chi connectivity index (χ1n) is 6.23. The Morgan fingerprint density at radius 2 is 1.95 bits per heavy atom. The predicted octanol–water partition coefficient (Wildman–Crippen LogP) is 3.16. The van der Waals surface area contributed by atoms with Gasteiger partial charge in [0.15, 0.2) is 17.5 Å². The molecule has 0 radical (unpaired) electrons. The molecular weight excluding hydrogens is 303 g/mol. The summed E-state index contributed by atoms with van der Waals surface area (Å²) in [6.07, 6.45) is -0.846. The molecule has 1 aromatic heterocycles. The molecule has 0 spiro atoms. The summed E-state index contributed by atoms with van der Waals surface area (Å²) in [4.78, 5) is 1.04. The Morgan fingerprint density at radius 1 is 1.24 bits per heavy atom. The van der Waals surface area contributed by atoms with Gasteiger partial charge in [-0.25, -0.2) is 13.2 Å². The minimum atomic E-state index is -1.51. The molecule has 0 aliphatic rings. The summed E-state index contributed by atoms with van der Waals surface area (Å²) in [7, 11) is 0. The Bertz CT molecular complexity index is 555. The van der Waals surface area contributed by atoms with E-state index in [1.807, 2.05) is 17.5 Å². The Balaban J connectivity index is 1.74. The summed E-state index contributed by atoms with van der Waals surface area (Å²) in [5.41, 5.74) is 0.0590. The summed E-state index contributed by atoms with van der Waals surface area (Å²) in [5.74, 6) is -4.07. The molecule has 0 bridgehead atoms. The van der Waals surface area contributed by atoms with Crippen molar-refractivity contribution >= 4 is 17.0 Å². The zero-order chi connectivity index (χ0) is 15.2. The molecule has 0 aliphatic carbocycles. The Kier molecular flexibility index (Phi) is 5.60. The molecule has 0 saturated carbocycles. The van der Waals surface area contributed by atoms with Crippen LogP contribution in [-0.2, 0) is 11.3 Å². The van der Waals surface area contributed by atoms with Crippen molar-refractivity contribution < 1.29 is 23.0 Å². The van der Waals surface area contributed by atoms with Crippen LogP contribution in [0, 0.1) is 17.5 Å². The van der Waals surface area contributed by atoms with Crippen LogP contribution in [0.15, 0.2) is 29.6 Å². The van der Waals surface area contributed by atoms with Gasteiger partial charge in [-0.15, -0.1) is 11.3 Å². The van der Waals surface area contributed by atoms with Gasteiger partial charge >= 0.3 is 0 Å². The number of hydrogen-bond donors (Lipinski definition) is 2. The third-order valence-electron chi connectivity index (χ3n) is 2.66. The van der Waals surface area contributed by atoms with Gasteiger partial charge in [-0.2, -0.15) is 0 Å². The SMILES string of the molecule is OC(CNc1cc(F)c(F)c(F)c1)COCc1cccs1. The van der Waals surface area contributed by atoms with Crippen LogP contribution in [-0.4, -0.2) is 24.4 Å². The normalized spacial score (nSPS) is 12.4. The minimum Gasteiger partial charge on any atom is -0.389 e. The van der Waals surface area contributed by atoms with E-state index in [4.69, 9.17) is 4.74 Å². The highest BCUT2D eigenvalue weighted by molar-refractivity contribution is 7.09. The maximum atomic E-state index is 13.0. The summed E-state index contributed by atoms with van der Waals surface area (Å²) in [5, 5.41) is 14.2. The molecule has 0 amide bonds. The summed E-state index contributed by atoms with van der Waals surface area (Å²) in [6, 6.07) is 5.48. The molecule has 2 aromatic rings. The van der Waals surface area contributed by atoms with Crippen molar-refractivity contribution in [2.24, 2.45) is 0 Å². The second-order valence-electron chi connectivity index (χ2n) is 4.38. The molecule has 1 unspecified atom stereocenters. The lowest BCUT2D eigenvalue weighted by atomic mass is 10.2. The molecule has 2 N–H and O–H groups in total. The van der Waals surface area contributed by atoms with Crippen LogP contribution in [0.5, 0.6) is 0 Å². The molecule has 21 heavy (non-hydrogen) atoms. The third-order valence-corrected chi connectivity index (χ3v) is 3.51. The lowest BCUT2D eigenvalue weighted by Crippen LogP contribution is -2.24. The molecule has 7 heteroatoms. The van der Waals surface area contributed by atoms with E-state index < -0.39 is 23.6 Å². The van der Waals surface area contributed by atoms with E-state index >= 15 is 0 Å². The van der Waals surface area contributed by atoms with E-state index in [1.54, 1.807) is 11.3 Å². The number of ether oxygens (including phenoxy) is 1. The minimum absolute atomic E-state index is 0.0367. The fourth-order valence-corrected chi connectivity index (χ4v) is 2.28. The van der Waals surface area contributed by atoms with E-state index in [9.17, 15) is 18.3 Å². The Morgan fingerprint density at radius 3 is 2.57 bits per heavy atom. The average Bonchev–Trinajstić information content (AvgIpc) is 2.95. The van der Waals surface area contributed by atoms with Crippen LogP contribution < -0.4 is 5.32 Å². The topological polar surface area (TPSA) is 41.5 Å². The number of aliphatic hydroxyl groups is 1. The molecule has 1 atom stereocenters. The molecule has 0 fully saturated rings. The number of aliphatic hydroxyl groups excluding tert-OH is 1. The van der Waals surface area contributed by atoms with Crippen molar-refractivity contribution in [3.63, 3.8) is 0 Å². The van der Waals surface area contributed by atoms with Crippen LogP contribution in [0.25, 0.3) is 0 Å². The highest BCUT2D eigenvalue weighted by Crippen LogP contribution is 2.17. The number of thiophene rings is 1. The molecule has 3 nitrogen and oxygen atoms in total. The van der Waals surface area contributed by atoms with Crippen LogP contribution in [0.3, 0.4) is 0 Å². The van der Waals surface area contributed by atoms with Gasteiger partial charge in [0.1, 0.15) is 0 Å². The van der Waals surface area contributed by atoms with Gasteiger partial charge < -0.3 is 15.2 Å². The predicted molar refractivity (Wildman–Crippen MR) is 74.8 cm³/mol. The molecular formula is C14H14F3NO2S. The van der Waals surface area contributed by atoms with Crippen LogP contribution in [0.2, 0.25) is 0 Å². The maximum Gasteiger partial charge on any atom is 0.194 e. The first-order chi connectivity index (χ1) is 10.1. The van der Waals surface area contributed by atoms with Gasteiger partial charge in [0.05, 0.1) is 19.3 Å². The van der Waals surface area contributed by atoms with Crippen molar-refractivity contribution in [1.82, 2.24) is 0 Å². The first kappa shape index (κ1) is 15.8. The zero-order valence-corrected chi connectivity index (χ0v) is 11.8. The number of hydrogen-bond acceptors (Lipinski definition) is 4. The molecule has 114 valence electrons. The quantitative estimate of drug-likeness (QED) is 0.771. The summed E-state index contributed by atoms with van der Waals surface area (Å²) in [6.45, 7) is 0.514. The average molecular weight is 317 g/mol. The monoisotopic (exact) mass is 317 g/mol. The lowest BCUT2D eigenvalue weighted by molar-refractivity contribution is 0.0359. The highest BCUT2D eigenvalue weighted by Gasteiger charge is 2.11. The maximum absolute atomic E-state index is 13.0. The van der Waals surface area contributed by atoms with Crippen molar-refractivity contribution in [2.45, 2.75) is 12.7 Å². The molecule has 1 aromatic carbocycles. The summed E-state index contributed by atoms with van der Waals surface area (Å²) < 4.78 is 44.0. The van der Waals surface area contributed by atoms with Crippen molar-refractivity contribution in [3.8, 4) is 0 Å². The molecule has 0 saturated heterocycles. The van der Waals surface area contributed by atoms with Crippen LogP contribution >= 0.6 is 11.3 Å². The second-order valence-corrected chi connectivity index (χ2v) is 5.42. The number of rotatable bonds is 7. The second kappa shape index (κ2) is 7.44. The lowest BCUT2D eigenvalue weighted by Gasteiger charge is -2.13. The fraction of sp³-hybridized carbons (Fsp3) is 0.286. The fourth-order valence-electron chi connectivity index (χ4n) is 1.64. The van der Waals surface area contributed by atoms with Gasteiger partial charge in [0, 0.05) is 29.2 Å². The number of benzene rings is 1. The Hall–Kier alpha value is -1.57. The number of anilines is 1. The van der Waals surface area contributed by atoms with Gasteiger partial charge in [0.2, 0.25) is 0 Å². The first-order valence-corrected chi connectivity index (χ1v) is 7.11. The third kappa shape index (κ3) is 4.73. The van der Waals surface area contributed by atoms with Crippen molar-refractivity contribution in [1.29, 1.82) is 0 Å². The van der Waals surface area contributed by atoms with Crippen LogP contribution in [0.1, 0.15) is 4.88 Å². The van der Waals surface area contributed by atoms with E-state index in [0.29, 0.717) is 6.61 Å². The van der Waals surface area contributed by atoms with Gasteiger partial charge in [0.25, 0.3) is 0 Å². The standard InChI is InChI=1S/C14H14F3NO2S/c15-12-4-9(5-13(16)14(12)17)18-6-10(19)7-20-8-11-2-1-3-21-11/h1-5,10,18-19H,6-8H2. The van der Waals surface area contributed by atoms with E-state index in [2.05, 4.69) is 5.32 Å². The van der Waals surface area contributed by atoms with Gasteiger partial charge in [-0.1, -0.05) is 6.07 Å².